The van der Waals surface area contributed by atoms with Gasteiger partial charge in [0.05, 0.1) is 0 Å². The highest BCUT2D eigenvalue weighted by atomic mass is 79.9. The summed E-state index contributed by atoms with van der Waals surface area (Å²) in [5.41, 5.74) is 0.498. The molecular weight excluding hydrogens is 270 g/mol. The fourth-order valence-electron chi connectivity index (χ4n) is 1.12. The molecule has 0 aliphatic rings. The number of phenolic OH excluding ortho intramolecular Hbond substituents is 1. The SMILES string of the molecule is CC(C)(CBr)CNC(=O)c1cccc(O)c1. The average molecular weight is 286 g/mol. The molecule has 1 rings (SSSR count). The lowest BCUT2D eigenvalue weighted by Gasteiger charge is -2.21. The maximum atomic E-state index is 11.7. The maximum absolute atomic E-state index is 11.7. The van der Waals surface area contributed by atoms with Crippen LogP contribution in [0.1, 0.15) is 24.2 Å². The highest BCUT2D eigenvalue weighted by molar-refractivity contribution is 9.09. The van der Waals surface area contributed by atoms with Gasteiger partial charge in [0.15, 0.2) is 0 Å². The average Bonchev–Trinajstić information content (AvgIpc) is 2.26. The number of halogens is 1. The van der Waals surface area contributed by atoms with Gasteiger partial charge in [0.2, 0.25) is 0 Å². The second-order valence-corrected chi connectivity index (χ2v) is 5.09. The van der Waals surface area contributed by atoms with Crippen LogP contribution in [0.15, 0.2) is 24.3 Å². The Morgan fingerprint density at radius 1 is 1.50 bits per heavy atom. The number of carbonyl (C=O) groups is 1. The molecule has 0 atom stereocenters. The quantitative estimate of drug-likeness (QED) is 0.836. The molecule has 0 unspecified atom stereocenters. The van der Waals surface area contributed by atoms with Crippen LogP contribution in [0.25, 0.3) is 0 Å². The minimum absolute atomic E-state index is 0.0203. The summed E-state index contributed by atoms with van der Waals surface area (Å²) < 4.78 is 0. The molecule has 88 valence electrons. The van der Waals surface area contributed by atoms with Gasteiger partial charge < -0.3 is 10.4 Å². The van der Waals surface area contributed by atoms with Crippen LogP contribution in [-0.4, -0.2) is 22.9 Å². The predicted octanol–water partition coefficient (Wildman–Crippen LogP) is 2.54. The van der Waals surface area contributed by atoms with E-state index in [4.69, 9.17) is 0 Å². The molecule has 0 aliphatic carbocycles. The van der Waals surface area contributed by atoms with Crippen LogP contribution < -0.4 is 5.32 Å². The third kappa shape index (κ3) is 3.85. The van der Waals surface area contributed by atoms with Gasteiger partial charge in [-0.2, -0.15) is 0 Å². The number of amides is 1. The van der Waals surface area contributed by atoms with E-state index in [0.29, 0.717) is 12.1 Å². The predicted molar refractivity (Wildman–Crippen MR) is 68.0 cm³/mol. The maximum Gasteiger partial charge on any atom is 0.251 e. The van der Waals surface area contributed by atoms with Crippen LogP contribution in [0, 0.1) is 5.41 Å². The van der Waals surface area contributed by atoms with Crippen molar-refractivity contribution in [3.8, 4) is 5.75 Å². The fourth-order valence-corrected chi connectivity index (χ4v) is 1.31. The number of rotatable bonds is 4. The largest absolute Gasteiger partial charge is 0.508 e. The first-order valence-electron chi connectivity index (χ1n) is 5.08. The second kappa shape index (κ2) is 5.34. The molecule has 0 spiro atoms. The van der Waals surface area contributed by atoms with Crippen LogP contribution in [0.2, 0.25) is 0 Å². The Morgan fingerprint density at radius 3 is 2.75 bits per heavy atom. The Morgan fingerprint density at radius 2 is 2.19 bits per heavy atom. The van der Waals surface area contributed by atoms with E-state index in [1.54, 1.807) is 18.2 Å². The molecule has 1 aromatic carbocycles. The smallest absolute Gasteiger partial charge is 0.251 e. The van der Waals surface area contributed by atoms with Crippen molar-refractivity contribution >= 4 is 21.8 Å². The summed E-state index contributed by atoms with van der Waals surface area (Å²) in [6, 6.07) is 6.33. The molecule has 0 fully saturated rings. The van der Waals surface area contributed by atoms with E-state index in [0.717, 1.165) is 5.33 Å². The van der Waals surface area contributed by atoms with Crippen molar-refractivity contribution in [3.05, 3.63) is 29.8 Å². The van der Waals surface area contributed by atoms with Crippen LogP contribution >= 0.6 is 15.9 Å². The lowest BCUT2D eigenvalue weighted by atomic mass is 9.97. The fraction of sp³-hybridized carbons (Fsp3) is 0.417. The van der Waals surface area contributed by atoms with Crippen LogP contribution in [0.3, 0.4) is 0 Å². The third-order valence-corrected chi connectivity index (χ3v) is 3.72. The molecule has 0 bridgehead atoms. The molecule has 4 heteroatoms. The number of carbonyl (C=O) groups excluding carboxylic acids is 1. The van der Waals surface area contributed by atoms with Crippen molar-refractivity contribution in [2.24, 2.45) is 5.41 Å². The molecule has 2 N–H and O–H groups in total. The van der Waals surface area contributed by atoms with Crippen molar-refractivity contribution in [2.75, 3.05) is 11.9 Å². The zero-order valence-electron chi connectivity index (χ0n) is 9.46. The van der Waals surface area contributed by atoms with Crippen molar-refractivity contribution in [1.29, 1.82) is 0 Å². The Hall–Kier alpha value is -1.03. The van der Waals surface area contributed by atoms with E-state index in [9.17, 15) is 9.90 Å². The Balaban J connectivity index is 2.60. The van der Waals surface area contributed by atoms with Gasteiger partial charge in [-0.3, -0.25) is 4.79 Å². The molecule has 0 saturated heterocycles. The van der Waals surface area contributed by atoms with Crippen LogP contribution in [0.5, 0.6) is 5.75 Å². The van der Waals surface area contributed by atoms with Crippen molar-refractivity contribution in [2.45, 2.75) is 13.8 Å². The standard InChI is InChI=1S/C12H16BrNO2/c1-12(2,7-13)8-14-11(16)9-4-3-5-10(15)6-9/h3-6,15H,7-8H2,1-2H3,(H,14,16). The number of alkyl halides is 1. The van der Waals surface area contributed by atoms with E-state index >= 15 is 0 Å². The highest BCUT2D eigenvalue weighted by Crippen LogP contribution is 2.17. The number of benzene rings is 1. The third-order valence-electron chi connectivity index (χ3n) is 2.20. The minimum atomic E-state index is -0.162. The van der Waals surface area contributed by atoms with Gasteiger partial charge in [0.1, 0.15) is 5.75 Å². The molecule has 1 amide bonds. The van der Waals surface area contributed by atoms with Gasteiger partial charge in [-0.25, -0.2) is 0 Å². The second-order valence-electron chi connectivity index (χ2n) is 4.53. The number of nitrogens with one attached hydrogen (secondary N) is 1. The molecule has 1 aromatic rings. The minimum Gasteiger partial charge on any atom is -0.508 e. The molecule has 0 radical (unpaired) electrons. The van der Waals surface area contributed by atoms with E-state index in [1.165, 1.54) is 6.07 Å². The molecule has 3 nitrogen and oxygen atoms in total. The number of hydrogen-bond donors (Lipinski definition) is 2. The first-order chi connectivity index (χ1) is 7.44. The Bertz CT molecular complexity index is 377. The summed E-state index contributed by atoms with van der Waals surface area (Å²) in [6.45, 7) is 4.71. The topological polar surface area (TPSA) is 49.3 Å². The van der Waals surface area contributed by atoms with Crippen LogP contribution in [0.4, 0.5) is 0 Å². The summed E-state index contributed by atoms with van der Waals surface area (Å²) in [5, 5.41) is 12.9. The Kier molecular flexibility index (Phi) is 4.35. The van der Waals surface area contributed by atoms with E-state index in [-0.39, 0.29) is 17.1 Å². The Labute approximate surface area is 104 Å². The van der Waals surface area contributed by atoms with Gasteiger partial charge in [-0.1, -0.05) is 35.8 Å². The molecule has 0 aromatic heterocycles. The molecule has 0 saturated carbocycles. The monoisotopic (exact) mass is 285 g/mol. The summed E-state index contributed by atoms with van der Waals surface area (Å²) in [6.07, 6.45) is 0. The molecular formula is C12H16BrNO2. The van der Waals surface area contributed by atoms with Gasteiger partial charge in [-0.15, -0.1) is 0 Å². The van der Waals surface area contributed by atoms with Gasteiger partial charge in [0.25, 0.3) is 5.91 Å². The highest BCUT2D eigenvalue weighted by Gasteiger charge is 2.17. The van der Waals surface area contributed by atoms with E-state index in [2.05, 4.69) is 35.1 Å². The molecule has 0 heterocycles. The van der Waals surface area contributed by atoms with Crippen molar-refractivity contribution < 1.29 is 9.90 Å². The van der Waals surface area contributed by atoms with Gasteiger partial charge in [0, 0.05) is 17.4 Å². The summed E-state index contributed by atoms with van der Waals surface area (Å²) >= 11 is 3.40. The zero-order chi connectivity index (χ0) is 12.2. The van der Waals surface area contributed by atoms with E-state index < -0.39 is 0 Å². The lowest BCUT2D eigenvalue weighted by Crippen LogP contribution is -2.34. The summed E-state index contributed by atoms with van der Waals surface area (Å²) in [5.74, 6) is -0.0580. The van der Waals surface area contributed by atoms with Crippen molar-refractivity contribution in [3.63, 3.8) is 0 Å². The summed E-state index contributed by atoms with van der Waals surface area (Å²) in [7, 11) is 0. The number of aromatic hydroxyl groups is 1. The van der Waals surface area contributed by atoms with Gasteiger partial charge in [-0.05, 0) is 23.6 Å². The summed E-state index contributed by atoms with van der Waals surface area (Å²) in [4.78, 5) is 11.7. The first-order valence-corrected chi connectivity index (χ1v) is 6.20. The normalized spacial score (nSPS) is 11.2. The molecule has 0 aliphatic heterocycles. The van der Waals surface area contributed by atoms with Crippen LogP contribution in [-0.2, 0) is 0 Å². The van der Waals surface area contributed by atoms with E-state index in [1.807, 2.05) is 0 Å². The number of phenols is 1. The lowest BCUT2D eigenvalue weighted by molar-refractivity contribution is 0.0940. The van der Waals surface area contributed by atoms with Gasteiger partial charge >= 0.3 is 0 Å². The number of hydrogen-bond acceptors (Lipinski definition) is 2. The van der Waals surface area contributed by atoms with Crippen molar-refractivity contribution in [1.82, 2.24) is 5.32 Å². The zero-order valence-corrected chi connectivity index (χ0v) is 11.0. The molecule has 16 heavy (non-hydrogen) atoms. The first kappa shape index (κ1) is 13.0.